The second-order valence-electron chi connectivity index (χ2n) is 0.610. The molecule has 0 aromatic carbocycles. The Bertz CT molecular complexity index is 84.6. The minimum atomic E-state index is -1.82. The van der Waals surface area contributed by atoms with Gasteiger partial charge in [-0.3, -0.25) is 0 Å². The molecule has 8 heavy (non-hydrogen) atoms. The van der Waals surface area contributed by atoms with E-state index in [1.807, 2.05) is 0 Å². The van der Waals surface area contributed by atoms with Crippen molar-refractivity contribution in [1.29, 1.82) is 0 Å². The van der Waals surface area contributed by atoms with E-state index in [4.69, 9.17) is 19.8 Å². The van der Waals surface area contributed by atoms with Gasteiger partial charge in [-0.2, -0.15) is 0 Å². The fraction of sp³-hybridized carbons (Fsp3) is 0. The Morgan fingerprint density at radius 2 is 1.25 bits per heavy atom. The maximum Gasteiger partial charge on any atom is 1.00 e. The Morgan fingerprint density at radius 1 is 1.12 bits per heavy atom. The summed E-state index contributed by atoms with van der Waals surface area (Å²) >= 11 is 0. The molecule has 0 fully saturated rings. The quantitative estimate of drug-likeness (QED) is 0.323. The number of carboxylic acids is 2. The summed E-state index contributed by atoms with van der Waals surface area (Å²) in [5.74, 6) is -3.65. The summed E-state index contributed by atoms with van der Waals surface area (Å²) in [6.07, 6.45) is 0. The molecule has 0 saturated carbocycles. The molecule has 0 aliphatic rings. The van der Waals surface area contributed by atoms with Gasteiger partial charge in [0.25, 0.3) is 0 Å². The molecule has 0 bridgehead atoms. The zero-order valence-electron chi connectivity index (χ0n) is 5.04. The number of carbonyl (C=O) groups is 2. The van der Waals surface area contributed by atoms with E-state index in [1.165, 1.54) is 0 Å². The molecule has 0 aromatic rings. The summed E-state index contributed by atoms with van der Waals surface area (Å²) in [6, 6.07) is 0. The summed E-state index contributed by atoms with van der Waals surface area (Å²) in [5, 5.41) is 14.8. The van der Waals surface area contributed by atoms with Crippen molar-refractivity contribution in [3.05, 3.63) is 0 Å². The van der Waals surface area contributed by atoms with Gasteiger partial charge >= 0.3 is 41.5 Å². The molecular weight excluding hydrogens is 214 g/mol. The van der Waals surface area contributed by atoms with Crippen LogP contribution in [0, 0.1) is 0 Å². The van der Waals surface area contributed by atoms with Crippen molar-refractivity contribution in [2.24, 2.45) is 0 Å². The minimum absolute atomic E-state index is 0. The van der Waals surface area contributed by atoms with Gasteiger partial charge in [-0.25, -0.2) is 9.59 Å². The molecule has 4 nitrogen and oxygen atoms in total. The predicted molar refractivity (Wildman–Crippen MR) is 16.4 cm³/mol. The van der Waals surface area contributed by atoms with Crippen LogP contribution in [0.1, 0.15) is 1.43 Å². The first kappa shape index (κ1) is 15.8. The molecular formula is C2H3NaO4Rh. The van der Waals surface area contributed by atoms with Crippen LogP contribution in [0.2, 0.25) is 0 Å². The smallest absolute Gasteiger partial charge is 1.00 e. The van der Waals surface area contributed by atoms with Gasteiger partial charge in [0.05, 0.1) is 0 Å². The molecule has 1 radical (unpaired) electrons. The van der Waals surface area contributed by atoms with E-state index >= 15 is 0 Å². The second kappa shape index (κ2) is 7.56. The maximum absolute atomic E-state index is 9.10. The normalized spacial score (nSPS) is 5.50. The summed E-state index contributed by atoms with van der Waals surface area (Å²) in [5.41, 5.74) is 0. The third-order valence-corrected chi connectivity index (χ3v) is 0.183. The number of hydrogen-bond donors (Lipinski definition) is 2. The van der Waals surface area contributed by atoms with Gasteiger partial charge in [-0.15, -0.1) is 0 Å². The van der Waals surface area contributed by atoms with E-state index < -0.39 is 11.9 Å². The first-order valence-electron chi connectivity index (χ1n) is 1.11. The van der Waals surface area contributed by atoms with Crippen molar-refractivity contribution in [2.75, 3.05) is 0 Å². The van der Waals surface area contributed by atoms with E-state index in [2.05, 4.69) is 0 Å². The van der Waals surface area contributed by atoms with Crippen molar-refractivity contribution in [1.82, 2.24) is 0 Å². The van der Waals surface area contributed by atoms with Gasteiger partial charge in [-0.05, 0) is 0 Å². The molecule has 0 rings (SSSR count). The van der Waals surface area contributed by atoms with Crippen LogP contribution in [0.15, 0.2) is 0 Å². The molecule has 0 spiro atoms. The number of rotatable bonds is 0. The van der Waals surface area contributed by atoms with Crippen LogP contribution in [-0.2, 0) is 29.1 Å². The zero-order valence-corrected chi connectivity index (χ0v) is 7.68. The number of carboxylic acid groups (broad SMARTS) is 2. The summed E-state index contributed by atoms with van der Waals surface area (Å²) < 4.78 is 0. The van der Waals surface area contributed by atoms with Crippen LogP contribution in [0.5, 0.6) is 0 Å². The van der Waals surface area contributed by atoms with Crippen molar-refractivity contribution in [2.45, 2.75) is 0 Å². The second-order valence-corrected chi connectivity index (χ2v) is 0.610. The SMILES string of the molecule is O=C(O)C(=O)O.[H-].[Na+].[Rh]. The van der Waals surface area contributed by atoms with Crippen LogP contribution in [0.4, 0.5) is 0 Å². The number of aliphatic carboxylic acids is 2. The van der Waals surface area contributed by atoms with Crippen molar-refractivity contribution in [3.63, 3.8) is 0 Å². The summed E-state index contributed by atoms with van der Waals surface area (Å²) in [7, 11) is 0. The van der Waals surface area contributed by atoms with Gasteiger partial charge in [0.1, 0.15) is 0 Å². The largest absolute Gasteiger partial charge is 1.00 e. The molecule has 0 heterocycles. The standard InChI is InChI=1S/C2H2O4.Na.Rh.H/c3-1(4)2(5)6;;;/h(H,3,4)(H,5,6);;;/q;+1;;-1. The molecule has 0 atom stereocenters. The van der Waals surface area contributed by atoms with E-state index in [9.17, 15) is 0 Å². The predicted octanol–water partition coefficient (Wildman–Crippen LogP) is -3.73. The molecule has 0 aliphatic heterocycles. The Hall–Kier alpha value is 0.563. The molecule has 2 N–H and O–H groups in total. The zero-order chi connectivity index (χ0) is 5.15. The molecule has 45 valence electrons. The maximum atomic E-state index is 9.10. The minimum Gasteiger partial charge on any atom is -1.00 e. The first-order valence-corrected chi connectivity index (χ1v) is 1.11. The first-order chi connectivity index (χ1) is 2.64. The van der Waals surface area contributed by atoms with Gasteiger partial charge in [0.15, 0.2) is 0 Å². The van der Waals surface area contributed by atoms with Gasteiger partial charge in [0.2, 0.25) is 0 Å². The number of hydrogen-bond acceptors (Lipinski definition) is 2. The average Bonchev–Trinajstić information content (AvgIpc) is 1.36. The van der Waals surface area contributed by atoms with E-state index in [0.29, 0.717) is 0 Å². The Morgan fingerprint density at radius 3 is 1.25 bits per heavy atom. The molecule has 6 heteroatoms. The van der Waals surface area contributed by atoms with Gasteiger partial charge in [-0.1, -0.05) is 0 Å². The van der Waals surface area contributed by atoms with E-state index in [1.54, 1.807) is 0 Å². The molecule has 0 unspecified atom stereocenters. The Balaban J connectivity index is -0.0000000417. The van der Waals surface area contributed by atoms with Crippen LogP contribution < -0.4 is 29.6 Å². The van der Waals surface area contributed by atoms with Crippen molar-refractivity contribution < 1.29 is 70.3 Å². The Kier molecular flexibility index (Phi) is 15.0. The third-order valence-electron chi connectivity index (χ3n) is 0.183. The van der Waals surface area contributed by atoms with Crippen LogP contribution >= 0.6 is 0 Å². The summed E-state index contributed by atoms with van der Waals surface area (Å²) in [4.78, 5) is 18.2. The van der Waals surface area contributed by atoms with E-state index in [0.717, 1.165) is 0 Å². The molecule has 0 amide bonds. The Labute approximate surface area is 81.8 Å². The fourth-order valence-corrected chi connectivity index (χ4v) is 0. The molecule has 0 aliphatic carbocycles. The van der Waals surface area contributed by atoms with Crippen LogP contribution in [-0.4, -0.2) is 22.2 Å². The van der Waals surface area contributed by atoms with E-state index in [-0.39, 0.29) is 50.5 Å². The van der Waals surface area contributed by atoms with Crippen molar-refractivity contribution in [3.8, 4) is 0 Å². The fourth-order valence-electron chi connectivity index (χ4n) is 0. The third kappa shape index (κ3) is 9.76. The van der Waals surface area contributed by atoms with Gasteiger partial charge < -0.3 is 11.6 Å². The van der Waals surface area contributed by atoms with Crippen molar-refractivity contribution >= 4 is 11.9 Å². The van der Waals surface area contributed by atoms with Gasteiger partial charge in [0, 0.05) is 19.5 Å². The van der Waals surface area contributed by atoms with Crippen LogP contribution in [0.25, 0.3) is 0 Å². The topological polar surface area (TPSA) is 74.6 Å². The monoisotopic (exact) mass is 217 g/mol. The summed E-state index contributed by atoms with van der Waals surface area (Å²) in [6.45, 7) is 0. The average molecular weight is 217 g/mol. The van der Waals surface area contributed by atoms with Crippen LogP contribution in [0.3, 0.4) is 0 Å². The molecule has 0 saturated heterocycles. The molecule has 0 aromatic heterocycles.